The Balaban J connectivity index is 0. The Morgan fingerprint density at radius 1 is 1.25 bits per heavy atom. The quantitative estimate of drug-likeness (QED) is 0.543. The molecule has 0 atom stereocenters. The average molecular weight is 294 g/mol. The molecule has 0 aliphatic heterocycles. The van der Waals surface area contributed by atoms with E-state index in [1.54, 1.807) is 0 Å². The summed E-state index contributed by atoms with van der Waals surface area (Å²) in [5, 5.41) is 0. The van der Waals surface area contributed by atoms with E-state index < -0.39 is 27.8 Å². The summed E-state index contributed by atoms with van der Waals surface area (Å²) in [6.07, 6.45) is 0. The molecule has 0 aromatic carbocycles. The summed E-state index contributed by atoms with van der Waals surface area (Å²) in [5.41, 5.74) is 0. The van der Waals surface area contributed by atoms with Crippen LogP contribution in [0.2, 0.25) is 0 Å². The van der Waals surface area contributed by atoms with Crippen LogP contribution < -0.4 is 0 Å². The standard InChI is InChI=1S/Na.2O.U.H. The zero-order valence-electron chi connectivity index (χ0n) is 1.32. The predicted octanol–water partition coefficient (Wildman–Crippen LogP) is -0.886. The van der Waals surface area contributed by atoms with E-state index in [1.807, 2.05) is 0 Å². The molecule has 0 heterocycles. The van der Waals surface area contributed by atoms with E-state index in [0.29, 0.717) is 0 Å². The molecule has 0 saturated carbocycles. The number of hydrogen-bond donors (Lipinski definition) is 0. The minimum absolute atomic E-state index is 0. The van der Waals surface area contributed by atoms with E-state index in [1.165, 1.54) is 0 Å². The van der Waals surface area contributed by atoms with Gasteiger partial charge in [0.05, 0.1) is 0 Å². The van der Waals surface area contributed by atoms with Gasteiger partial charge in [-0.2, -0.15) is 0 Å². The molecule has 0 bridgehead atoms. The van der Waals surface area contributed by atoms with Crippen molar-refractivity contribution in [2.24, 2.45) is 0 Å². The van der Waals surface area contributed by atoms with Crippen molar-refractivity contribution in [3.05, 3.63) is 0 Å². The zero-order chi connectivity index (χ0) is 2.71. The first-order chi connectivity index (χ1) is 1.41. The van der Waals surface area contributed by atoms with Crippen molar-refractivity contribution in [2.75, 3.05) is 0 Å². The van der Waals surface area contributed by atoms with Gasteiger partial charge in [-0.05, 0) is 0 Å². The van der Waals surface area contributed by atoms with Crippen molar-refractivity contribution in [3.63, 3.8) is 0 Å². The Morgan fingerprint density at radius 2 is 1.25 bits per heavy atom. The third-order valence-electron chi connectivity index (χ3n) is 0. The molecule has 0 radical (unpaired) electrons. The maximum atomic E-state index is 8.58. The molecule has 0 spiro atoms. The Bertz CT molecular complexity index is 27.0. The fraction of sp³-hybridized carbons (Fsp3) is 0. The Kier molecular flexibility index (Phi) is 20.2. The van der Waals surface area contributed by atoms with Crippen LogP contribution in [0, 0.1) is 27.8 Å². The number of rotatable bonds is 0. The second kappa shape index (κ2) is 8.82. The van der Waals surface area contributed by atoms with E-state index in [2.05, 4.69) is 0 Å². The molecule has 4 heavy (non-hydrogen) atoms. The van der Waals surface area contributed by atoms with Crippen LogP contribution in [0.1, 0.15) is 0 Å². The van der Waals surface area contributed by atoms with Gasteiger partial charge in [-0.25, -0.2) is 0 Å². The average Bonchev–Trinajstić information content (AvgIpc) is 0.918. The van der Waals surface area contributed by atoms with Gasteiger partial charge in [-0.1, -0.05) is 0 Å². The first-order valence-electron chi connectivity index (χ1n) is 0.408. The zero-order valence-corrected chi connectivity index (χ0v) is 5.48. The van der Waals surface area contributed by atoms with Gasteiger partial charge in [0.25, 0.3) is 0 Å². The van der Waals surface area contributed by atoms with Crippen molar-refractivity contribution in [1.82, 2.24) is 0 Å². The van der Waals surface area contributed by atoms with Crippen LogP contribution >= 0.6 is 0 Å². The van der Waals surface area contributed by atoms with Gasteiger partial charge < -0.3 is 0 Å². The molecule has 0 amide bonds. The summed E-state index contributed by atoms with van der Waals surface area (Å²) in [5.74, 6) is 0. The summed E-state index contributed by atoms with van der Waals surface area (Å²) in [6, 6.07) is 0. The topological polar surface area (TPSA) is 34.1 Å². The van der Waals surface area contributed by atoms with E-state index in [-0.39, 0.29) is 29.6 Å². The van der Waals surface area contributed by atoms with Crippen LogP contribution in [-0.2, 0) is 4.47 Å². The third-order valence-corrected chi connectivity index (χ3v) is 0. The minimum atomic E-state index is -2.51. The van der Waals surface area contributed by atoms with Gasteiger partial charge in [-0.3, -0.25) is 0 Å². The van der Waals surface area contributed by atoms with Crippen LogP contribution in [0.4, 0.5) is 0 Å². The molecule has 0 fully saturated rings. The Hall–Kier alpha value is 1.65. The first-order valence-corrected chi connectivity index (χ1v) is 3.81. The van der Waals surface area contributed by atoms with E-state index in [9.17, 15) is 0 Å². The molecule has 0 unspecified atom stereocenters. The summed E-state index contributed by atoms with van der Waals surface area (Å²) in [7, 11) is 0. The van der Waals surface area contributed by atoms with Crippen molar-refractivity contribution >= 4 is 29.6 Å². The van der Waals surface area contributed by atoms with E-state index >= 15 is 0 Å². The summed E-state index contributed by atoms with van der Waals surface area (Å²) in [6.45, 7) is 0. The van der Waals surface area contributed by atoms with Crippen LogP contribution in [0.5, 0.6) is 0 Å². The predicted molar refractivity (Wildman–Crippen MR) is 8.52 cm³/mol. The summed E-state index contributed by atoms with van der Waals surface area (Å²) < 4.78 is 17.2. The van der Waals surface area contributed by atoms with Gasteiger partial charge in [0, 0.05) is 0 Å². The second-order valence-corrected chi connectivity index (χ2v) is 0.777. The monoisotopic (exact) mass is 294 g/mol. The summed E-state index contributed by atoms with van der Waals surface area (Å²) >= 11 is -2.51. The fourth-order valence-electron chi connectivity index (χ4n) is 0. The van der Waals surface area contributed by atoms with Crippen molar-refractivity contribution in [2.45, 2.75) is 0 Å². The van der Waals surface area contributed by atoms with Gasteiger partial charge in [-0.15, -0.1) is 0 Å². The van der Waals surface area contributed by atoms with Crippen LogP contribution in [-0.4, -0.2) is 29.6 Å². The second-order valence-electron chi connectivity index (χ2n) is 0.0833. The Morgan fingerprint density at radius 3 is 1.25 bits per heavy atom. The molecule has 18 valence electrons. The molecule has 0 aromatic heterocycles. The molecule has 2 nitrogen and oxygen atoms in total. The molecule has 0 rings (SSSR count). The van der Waals surface area contributed by atoms with Crippen LogP contribution in [0.15, 0.2) is 0 Å². The molecule has 0 aliphatic carbocycles. The summed E-state index contributed by atoms with van der Waals surface area (Å²) in [4.78, 5) is 0. The molecule has 0 saturated heterocycles. The maximum absolute atomic E-state index is 8.58. The first kappa shape index (κ1) is 9.17. The van der Waals surface area contributed by atoms with Gasteiger partial charge >= 0.3 is 61.8 Å². The normalized spacial score (nSPS) is 2.00. The molecule has 0 aliphatic rings. The molecule has 0 N–H and O–H groups in total. The molecule has 4 heteroatoms. The van der Waals surface area contributed by atoms with Gasteiger partial charge in [0.15, 0.2) is 0 Å². The van der Waals surface area contributed by atoms with Crippen molar-refractivity contribution < 1.29 is 32.3 Å². The van der Waals surface area contributed by atoms with Gasteiger partial charge in [0.1, 0.15) is 0 Å². The van der Waals surface area contributed by atoms with E-state index in [0.717, 1.165) is 0 Å². The molecule has 0 aromatic rings. The van der Waals surface area contributed by atoms with Crippen molar-refractivity contribution in [3.8, 4) is 0 Å². The molecular weight excluding hydrogens is 293 g/mol. The van der Waals surface area contributed by atoms with Crippen molar-refractivity contribution in [1.29, 1.82) is 0 Å². The van der Waals surface area contributed by atoms with Crippen LogP contribution in [0.25, 0.3) is 0 Å². The van der Waals surface area contributed by atoms with Gasteiger partial charge in [0.2, 0.25) is 0 Å². The van der Waals surface area contributed by atoms with E-state index in [4.69, 9.17) is 4.47 Å². The SMILES string of the molecule is [NaH].[O]=[U]=[O]. The number of hydrogen-bond acceptors (Lipinski definition) is 2. The Labute approximate surface area is 60.8 Å². The fourth-order valence-corrected chi connectivity index (χ4v) is 0. The third kappa shape index (κ3) is 9.41. The molecular formula is HNaO2U. The van der Waals surface area contributed by atoms with Crippen LogP contribution in [0.3, 0.4) is 0 Å².